The molecule has 0 unspecified atom stereocenters. The van der Waals surface area contributed by atoms with Crippen molar-refractivity contribution >= 4 is 22.9 Å². The van der Waals surface area contributed by atoms with Gasteiger partial charge in [-0.25, -0.2) is 4.98 Å². The van der Waals surface area contributed by atoms with Gasteiger partial charge < -0.3 is 4.74 Å². The lowest BCUT2D eigenvalue weighted by Gasteiger charge is -2.01. The van der Waals surface area contributed by atoms with Crippen LogP contribution in [0.3, 0.4) is 0 Å². The Morgan fingerprint density at radius 1 is 1.05 bits per heavy atom. The molecule has 0 amide bonds. The van der Waals surface area contributed by atoms with Crippen molar-refractivity contribution in [2.75, 3.05) is 7.11 Å². The van der Waals surface area contributed by atoms with Crippen LogP contribution in [0, 0.1) is 0 Å². The molecule has 0 atom stereocenters. The van der Waals surface area contributed by atoms with Crippen LogP contribution in [-0.2, 0) is 0 Å². The molecule has 0 bridgehead atoms. The lowest BCUT2D eigenvalue weighted by atomic mass is 10.2. The van der Waals surface area contributed by atoms with Crippen molar-refractivity contribution in [3.8, 4) is 27.6 Å². The summed E-state index contributed by atoms with van der Waals surface area (Å²) in [6.45, 7) is 0. The fraction of sp³-hybridized carbons (Fsp3) is 0.0625. The first-order valence-corrected chi connectivity index (χ1v) is 7.38. The van der Waals surface area contributed by atoms with Crippen molar-refractivity contribution in [3.05, 3.63) is 58.9 Å². The van der Waals surface area contributed by atoms with Crippen LogP contribution < -0.4 is 4.74 Å². The molecule has 2 aromatic carbocycles. The molecule has 20 heavy (non-hydrogen) atoms. The predicted octanol–water partition coefficient (Wildman–Crippen LogP) is 5.14. The third-order valence-electron chi connectivity index (χ3n) is 2.96. The minimum atomic E-state index is 0.733. The molecule has 0 saturated carbocycles. The van der Waals surface area contributed by atoms with Gasteiger partial charge in [-0.15, -0.1) is 11.3 Å². The monoisotopic (exact) mass is 301 g/mol. The Hall–Kier alpha value is -1.84. The normalized spacial score (nSPS) is 10.5. The highest BCUT2D eigenvalue weighted by Gasteiger charge is 2.07. The van der Waals surface area contributed by atoms with E-state index in [1.165, 1.54) is 0 Å². The fourth-order valence-corrected chi connectivity index (χ4v) is 2.87. The quantitative estimate of drug-likeness (QED) is 0.668. The molecular formula is C16H12ClNOS. The molecule has 3 rings (SSSR count). The minimum Gasteiger partial charge on any atom is -0.497 e. The highest BCUT2D eigenvalue weighted by molar-refractivity contribution is 7.13. The fourth-order valence-electron chi connectivity index (χ4n) is 1.92. The number of benzene rings is 2. The van der Waals surface area contributed by atoms with E-state index in [0.717, 1.165) is 32.6 Å². The largest absolute Gasteiger partial charge is 0.497 e. The third-order valence-corrected chi connectivity index (χ3v) is 4.10. The minimum absolute atomic E-state index is 0.733. The van der Waals surface area contributed by atoms with Gasteiger partial charge in [-0.1, -0.05) is 35.9 Å². The topological polar surface area (TPSA) is 22.1 Å². The molecule has 0 fully saturated rings. The number of hydrogen-bond acceptors (Lipinski definition) is 3. The first-order chi connectivity index (χ1) is 9.76. The molecule has 100 valence electrons. The van der Waals surface area contributed by atoms with E-state index in [1.54, 1.807) is 18.4 Å². The van der Waals surface area contributed by atoms with Crippen LogP contribution in [0.5, 0.6) is 5.75 Å². The standard InChI is InChI=1S/C16H12ClNOS/c1-19-14-4-2-3-12(9-14)16-18-15(10-20-16)11-5-7-13(17)8-6-11/h2-10H,1H3. The molecule has 0 spiro atoms. The van der Waals surface area contributed by atoms with Crippen molar-refractivity contribution in [3.63, 3.8) is 0 Å². The summed E-state index contributed by atoms with van der Waals surface area (Å²) in [7, 11) is 1.67. The second-order valence-electron chi connectivity index (χ2n) is 4.28. The second kappa shape index (κ2) is 5.65. The van der Waals surface area contributed by atoms with Gasteiger partial charge in [0.15, 0.2) is 0 Å². The van der Waals surface area contributed by atoms with Gasteiger partial charge in [0.25, 0.3) is 0 Å². The van der Waals surface area contributed by atoms with Gasteiger partial charge in [0.05, 0.1) is 12.8 Å². The average Bonchev–Trinajstić information content (AvgIpc) is 2.98. The molecule has 2 nitrogen and oxygen atoms in total. The highest BCUT2D eigenvalue weighted by atomic mass is 35.5. The lowest BCUT2D eigenvalue weighted by molar-refractivity contribution is 0.415. The average molecular weight is 302 g/mol. The number of methoxy groups -OCH3 is 1. The summed E-state index contributed by atoms with van der Waals surface area (Å²) in [5.41, 5.74) is 3.10. The Labute approximate surface area is 126 Å². The summed E-state index contributed by atoms with van der Waals surface area (Å²) in [5, 5.41) is 3.77. The summed E-state index contributed by atoms with van der Waals surface area (Å²) in [5.74, 6) is 0.839. The summed E-state index contributed by atoms with van der Waals surface area (Å²) in [6, 6.07) is 15.6. The van der Waals surface area contributed by atoms with Crippen molar-refractivity contribution in [2.24, 2.45) is 0 Å². The van der Waals surface area contributed by atoms with Crippen LogP contribution in [0.25, 0.3) is 21.8 Å². The number of thiazole rings is 1. The first-order valence-electron chi connectivity index (χ1n) is 6.12. The molecule has 1 aromatic heterocycles. The Morgan fingerprint density at radius 3 is 2.60 bits per heavy atom. The van der Waals surface area contributed by atoms with E-state index in [4.69, 9.17) is 16.3 Å². The Bertz CT molecular complexity index is 721. The first kappa shape index (κ1) is 13.2. The third kappa shape index (κ3) is 2.69. The van der Waals surface area contributed by atoms with Gasteiger partial charge in [-0.3, -0.25) is 0 Å². The Kier molecular flexibility index (Phi) is 3.72. The SMILES string of the molecule is COc1cccc(-c2nc(-c3ccc(Cl)cc3)cs2)c1. The van der Waals surface area contributed by atoms with Gasteiger partial charge in [0.1, 0.15) is 10.8 Å². The molecule has 0 aliphatic heterocycles. The van der Waals surface area contributed by atoms with Crippen LogP contribution in [-0.4, -0.2) is 12.1 Å². The number of nitrogens with zero attached hydrogens (tertiary/aromatic N) is 1. The number of ether oxygens (including phenoxy) is 1. The van der Waals surface area contributed by atoms with Gasteiger partial charge in [-0.05, 0) is 24.3 Å². The second-order valence-corrected chi connectivity index (χ2v) is 5.57. The number of halogens is 1. The highest BCUT2D eigenvalue weighted by Crippen LogP contribution is 2.30. The summed E-state index contributed by atoms with van der Waals surface area (Å²) in [6.07, 6.45) is 0. The zero-order valence-electron chi connectivity index (χ0n) is 10.8. The van der Waals surface area contributed by atoms with Crippen molar-refractivity contribution < 1.29 is 4.74 Å². The van der Waals surface area contributed by atoms with E-state index < -0.39 is 0 Å². The Balaban J connectivity index is 1.95. The summed E-state index contributed by atoms with van der Waals surface area (Å²) in [4.78, 5) is 4.68. The Morgan fingerprint density at radius 2 is 1.85 bits per heavy atom. The van der Waals surface area contributed by atoms with Crippen molar-refractivity contribution in [1.29, 1.82) is 0 Å². The van der Waals surface area contributed by atoms with E-state index in [9.17, 15) is 0 Å². The maximum absolute atomic E-state index is 5.90. The maximum atomic E-state index is 5.90. The zero-order valence-corrected chi connectivity index (χ0v) is 12.4. The predicted molar refractivity (Wildman–Crippen MR) is 84.5 cm³/mol. The maximum Gasteiger partial charge on any atom is 0.124 e. The van der Waals surface area contributed by atoms with E-state index in [2.05, 4.69) is 10.4 Å². The molecule has 4 heteroatoms. The van der Waals surface area contributed by atoms with Crippen LogP contribution in [0.2, 0.25) is 5.02 Å². The molecule has 3 aromatic rings. The van der Waals surface area contributed by atoms with Gasteiger partial charge in [0, 0.05) is 21.5 Å². The van der Waals surface area contributed by atoms with Crippen LogP contribution >= 0.6 is 22.9 Å². The molecule has 0 radical (unpaired) electrons. The molecular weight excluding hydrogens is 290 g/mol. The van der Waals surface area contributed by atoms with Gasteiger partial charge >= 0.3 is 0 Å². The smallest absolute Gasteiger partial charge is 0.124 e. The van der Waals surface area contributed by atoms with Crippen LogP contribution in [0.1, 0.15) is 0 Å². The van der Waals surface area contributed by atoms with E-state index in [-0.39, 0.29) is 0 Å². The molecule has 0 aliphatic rings. The molecule has 0 saturated heterocycles. The molecule has 0 aliphatic carbocycles. The van der Waals surface area contributed by atoms with Crippen molar-refractivity contribution in [1.82, 2.24) is 4.98 Å². The zero-order chi connectivity index (χ0) is 13.9. The number of rotatable bonds is 3. The number of hydrogen-bond donors (Lipinski definition) is 0. The van der Waals surface area contributed by atoms with E-state index in [1.807, 2.05) is 48.5 Å². The van der Waals surface area contributed by atoms with Crippen LogP contribution in [0.15, 0.2) is 53.9 Å². The number of aromatic nitrogens is 1. The molecule has 1 heterocycles. The van der Waals surface area contributed by atoms with Crippen molar-refractivity contribution in [2.45, 2.75) is 0 Å². The lowest BCUT2D eigenvalue weighted by Crippen LogP contribution is -1.83. The van der Waals surface area contributed by atoms with Crippen LogP contribution in [0.4, 0.5) is 0 Å². The van der Waals surface area contributed by atoms with E-state index in [0.29, 0.717) is 0 Å². The van der Waals surface area contributed by atoms with Gasteiger partial charge in [-0.2, -0.15) is 0 Å². The molecule has 0 N–H and O–H groups in total. The summed E-state index contributed by atoms with van der Waals surface area (Å²) >= 11 is 7.52. The van der Waals surface area contributed by atoms with Gasteiger partial charge in [0.2, 0.25) is 0 Å². The van der Waals surface area contributed by atoms with E-state index >= 15 is 0 Å². The summed E-state index contributed by atoms with van der Waals surface area (Å²) < 4.78 is 5.24.